The SMILES string of the molecule is Nc1ccc(F)c2cc(O)ccc12. The van der Waals surface area contributed by atoms with Crippen LogP contribution in [0.1, 0.15) is 0 Å². The largest absolute Gasteiger partial charge is 0.508 e. The van der Waals surface area contributed by atoms with Crippen molar-refractivity contribution in [3.8, 4) is 5.75 Å². The molecule has 0 saturated carbocycles. The standard InChI is InChI=1S/C10H8FNO/c11-9-3-4-10(12)7-2-1-6(13)5-8(7)9/h1-5,13H,12H2. The first kappa shape index (κ1) is 7.86. The van der Waals surface area contributed by atoms with Gasteiger partial charge in [0, 0.05) is 16.5 Å². The van der Waals surface area contributed by atoms with Crippen molar-refractivity contribution in [2.24, 2.45) is 0 Å². The average molecular weight is 177 g/mol. The molecule has 13 heavy (non-hydrogen) atoms. The molecule has 0 fully saturated rings. The summed E-state index contributed by atoms with van der Waals surface area (Å²) in [5.41, 5.74) is 6.14. The average Bonchev–Trinajstić information content (AvgIpc) is 2.12. The fourth-order valence-electron chi connectivity index (χ4n) is 1.32. The van der Waals surface area contributed by atoms with Gasteiger partial charge in [0.05, 0.1) is 0 Å². The van der Waals surface area contributed by atoms with Crippen LogP contribution in [0, 0.1) is 5.82 Å². The Hall–Kier alpha value is -1.77. The van der Waals surface area contributed by atoms with Crippen LogP contribution in [0.15, 0.2) is 30.3 Å². The van der Waals surface area contributed by atoms with Crippen LogP contribution in [-0.4, -0.2) is 5.11 Å². The Kier molecular flexibility index (Phi) is 1.59. The van der Waals surface area contributed by atoms with Gasteiger partial charge in [-0.2, -0.15) is 0 Å². The third-order valence-electron chi connectivity index (χ3n) is 1.98. The van der Waals surface area contributed by atoms with Crippen LogP contribution in [0.3, 0.4) is 0 Å². The summed E-state index contributed by atoms with van der Waals surface area (Å²) in [5, 5.41) is 10.1. The molecule has 0 aromatic heterocycles. The second kappa shape index (κ2) is 2.62. The molecule has 0 atom stereocenters. The molecule has 0 heterocycles. The number of hydrogen-bond acceptors (Lipinski definition) is 2. The van der Waals surface area contributed by atoms with Crippen molar-refractivity contribution in [3.05, 3.63) is 36.1 Å². The van der Waals surface area contributed by atoms with Gasteiger partial charge in [-0.15, -0.1) is 0 Å². The summed E-state index contributed by atoms with van der Waals surface area (Å²) in [6.45, 7) is 0. The van der Waals surface area contributed by atoms with Gasteiger partial charge in [-0.25, -0.2) is 4.39 Å². The van der Waals surface area contributed by atoms with E-state index in [1.54, 1.807) is 6.07 Å². The summed E-state index contributed by atoms with van der Waals surface area (Å²) in [4.78, 5) is 0. The molecule has 0 amide bonds. The van der Waals surface area contributed by atoms with E-state index < -0.39 is 0 Å². The molecule has 0 saturated heterocycles. The minimum absolute atomic E-state index is 0.0389. The zero-order valence-corrected chi connectivity index (χ0v) is 6.79. The lowest BCUT2D eigenvalue weighted by Gasteiger charge is -2.03. The predicted octanol–water partition coefficient (Wildman–Crippen LogP) is 2.27. The fraction of sp³-hybridized carbons (Fsp3) is 0. The Bertz CT molecular complexity index is 468. The predicted molar refractivity (Wildman–Crippen MR) is 50.0 cm³/mol. The molecule has 0 radical (unpaired) electrons. The van der Waals surface area contributed by atoms with E-state index in [2.05, 4.69) is 0 Å². The van der Waals surface area contributed by atoms with Gasteiger partial charge >= 0.3 is 0 Å². The van der Waals surface area contributed by atoms with E-state index in [1.807, 2.05) is 0 Å². The maximum atomic E-state index is 13.2. The van der Waals surface area contributed by atoms with Gasteiger partial charge in [0.15, 0.2) is 0 Å². The normalized spacial score (nSPS) is 10.5. The van der Waals surface area contributed by atoms with Crippen molar-refractivity contribution < 1.29 is 9.50 Å². The van der Waals surface area contributed by atoms with Crippen LogP contribution in [0.5, 0.6) is 5.75 Å². The molecule has 0 aliphatic carbocycles. The molecule has 2 aromatic carbocycles. The lowest BCUT2D eigenvalue weighted by Crippen LogP contribution is -1.88. The van der Waals surface area contributed by atoms with Crippen LogP contribution >= 0.6 is 0 Å². The molecule has 0 bridgehead atoms. The smallest absolute Gasteiger partial charge is 0.131 e. The first-order valence-electron chi connectivity index (χ1n) is 3.85. The number of fused-ring (bicyclic) bond motifs is 1. The number of rotatable bonds is 0. The number of anilines is 1. The topological polar surface area (TPSA) is 46.2 Å². The molecule has 3 N–H and O–H groups in total. The number of phenols is 1. The monoisotopic (exact) mass is 177 g/mol. The fourth-order valence-corrected chi connectivity index (χ4v) is 1.32. The Morgan fingerprint density at radius 1 is 1.08 bits per heavy atom. The van der Waals surface area contributed by atoms with Crippen molar-refractivity contribution in [3.63, 3.8) is 0 Å². The Morgan fingerprint density at radius 3 is 2.62 bits per heavy atom. The molecule has 66 valence electrons. The van der Waals surface area contributed by atoms with Gasteiger partial charge in [0.25, 0.3) is 0 Å². The van der Waals surface area contributed by atoms with E-state index >= 15 is 0 Å². The zero-order valence-electron chi connectivity index (χ0n) is 6.79. The van der Waals surface area contributed by atoms with Crippen LogP contribution < -0.4 is 5.73 Å². The minimum atomic E-state index is -0.375. The number of aromatic hydroxyl groups is 1. The number of nitrogens with two attached hydrogens (primary N) is 1. The van der Waals surface area contributed by atoms with Crippen molar-refractivity contribution in [2.75, 3.05) is 5.73 Å². The van der Waals surface area contributed by atoms with E-state index in [9.17, 15) is 4.39 Å². The van der Waals surface area contributed by atoms with Gasteiger partial charge in [0.1, 0.15) is 11.6 Å². The van der Waals surface area contributed by atoms with Crippen molar-refractivity contribution in [1.82, 2.24) is 0 Å². The molecule has 2 rings (SSSR count). The van der Waals surface area contributed by atoms with E-state index in [4.69, 9.17) is 10.8 Å². The molecule has 0 spiro atoms. The van der Waals surface area contributed by atoms with Gasteiger partial charge in [-0.05, 0) is 30.3 Å². The second-order valence-electron chi connectivity index (χ2n) is 2.87. The summed E-state index contributed by atoms with van der Waals surface area (Å²) in [6.07, 6.45) is 0. The summed E-state index contributed by atoms with van der Waals surface area (Å²) in [6, 6.07) is 7.24. The molecule has 2 aromatic rings. The highest BCUT2D eigenvalue weighted by Gasteiger charge is 2.03. The van der Waals surface area contributed by atoms with Gasteiger partial charge in [0.2, 0.25) is 0 Å². The Morgan fingerprint density at radius 2 is 1.85 bits per heavy atom. The maximum absolute atomic E-state index is 13.2. The number of phenolic OH excluding ortho intramolecular Hbond substituents is 1. The van der Waals surface area contributed by atoms with Crippen molar-refractivity contribution in [1.29, 1.82) is 0 Å². The van der Waals surface area contributed by atoms with Crippen molar-refractivity contribution in [2.45, 2.75) is 0 Å². The van der Waals surface area contributed by atoms with Crippen LogP contribution in [0.4, 0.5) is 10.1 Å². The number of benzene rings is 2. The minimum Gasteiger partial charge on any atom is -0.508 e. The van der Waals surface area contributed by atoms with Crippen molar-refractivity contribution >= 4 is 16.5 Å². The molecule has 0 aliphatic heterocycles. The highest BCUT2D eigenvalue weighted by molar-refractivity contribution is 5.93. The Balaban J connectivity index is 2.92. The number of halogens is 1. The zero-order chi connectivity index (χ0) is 9.42. The van der Waals surface area contributed by atoms with Gasteiger partial charge in [-0.3, -0.25) is 0 Å². The first-order chi connectivity index (χ1) is 6.18. The van der Waals surface area contributed by atoms with Gasteiger partial charge < -0.3 is 10.8 Å². The number of nitrogen functional groups attached to an aromatic ring is 1. The highest BCUT2D eigenvalue weighted by Crippen LogP contribution is 2.26. The molecular weight excluding hydrogens is 169 g/mol. The quantitative estimate of drug-likeness (QED) is 0.606. The van der Waals surface area contributed by atoms with E-state index in [0.717, 1.165) is 0 Å². The van der Waals surface area contributed by atoms with E-state index in [-0.39, 0.29) is 11.6 Å². The second-order valence-corrected chi connectivity index (χ2v) is 2.87. The molecular formula is C10H8FNO. The van der Waals surface area contributed by atoms with Crippen LogP contribution in [-0.2, 0) is 0 Å². The summed E-state index contributed by atoms with van der Waals surface area (Å²) < 4.78 is 13.2. The van der Waals surface area contributed by atoms with Crippen LogP contribution in [0.2, 0.25) is 0 Å². The molecule has 0 aliphatic rings. The lowest BCUT2D eigenvalue weighted by atomic mass is 10.1. The van der Waals surface area contributed by atoms with E-state index in [1.165, 1.54) is 24.3 Å². The third-order valence-corrected chi connectivity index (χ3v) is 1.98. The maximum Gasteiger partial charge on any atom is 0.131 e. The molecule has 2 nitrogen and oxygen atoms in total. The van der Waals surface area contributed by atoms with Crippen LogP contribution in [0.25, 0.3) is 10.8 Å². The highest BCUT2D eigenvalue weighted by atomic mass is 19.1. The van der Waals surface area contributed by atoms with E-state index in [0.29, 0.717) is 16.5 Å². The number of hydrogen-bond donors (Lipinski definition) is 2. The summed E-state index contributed by atoms with van der Waals surface area (Å²) in [7, 11) is 0. The molecule has 0 unspecified atom stereocenters. The summed E-state index contributed by atoms with van der Waals surface area (Å²) in [5.74, 6) is -0.336. The Labute approximate surface area is 74.4 Å². The summed E-state index contributed by atoms with van der Waals surface area (Å²) >= 11 is 0. The van der Waals surface area contributed by atoms with Gasteiger partial charge in [-0.1, -0.05) is 0 Å². The third kappa shape index (κ3) is 1.18. The molecule has 3 heteroatoms. The lowest BCUT2D eigenvalue weighted by molar-refractivity contribution is 0.476. The first-order valence-corrected chi connectivity index (χ1v) is 3.85.